The van der Waals surface area contributed by atoms with Gasteiger partial charge in [-0.25, -0.2) is 13.4 Å². The van der Waals surface area contributed by atoms with Crippen LogP contribution in [-0.2, 0) is 26.8 Å². The number of rotatable bonds is 5. The summed E-state index contributed by atoms with van der Waals surface area (Å²) in [4.78, 5) is 19.7. The number of benzene rings is 1. The number of para-hydroxylation sites is 1. The lowest BCUT2D eigenvalue weighted by Crippen LogP contribution is -2.44. The Kier molecular flexibility index (Phi) is 5.07. The molecule has 28 heavy (non-hydrogen) atoms. The molecule has 1 aliphatic heterocycles. The molecule has 0 radical (unpaired) electrons. The van der Waals surface area contributed by atoms with Gasteiger partial charge >= 0.3 is 0 Å². The number of hydrogen-bond donors (Lipinski definition) is 0. The van der Waals surface area contributed by atoms with E-state index >= 15 is 0 Å². The van der Waals surface area contributed by atoms with Crippen molar-refractivity contribution in [3.05, 3.63) is 59.3 Å². The van der Waals surface area contributed by atoms with E-state index < -0.39 is 21.0 Å². The molecule has 0 unspecified atom stereocenters. The fraction of sp³-hybridized carbons (Fsp3) is 0.300. The summed E-state index contributed by atoms with van der Waals surface area (Å²) in [7, 11) is -3.73. The van der Waals surface area contributed by atoms with Gasteiger partial charge in [-0.15, -0.1) is 11.3 Å². The number of hydrogen-bond acceptors (Lipinski definition) is 6. The van der Waals surface area contributed by atoms with Gasteiger partial charge < -0.3 is 9.32 Å². The fourth-order valence-electron chi connectivity index (χ4n) is 3.35. The van der Waals surface area contributed by atoms with Gasteiger partial charge in [0, 0.05) is 12.2 Å². The zero-order valence-corrected chi connectivity index (χ0v) is 17.0. The monoisotopic (exact) mass is 416 g/mol. The lowest BCUT2D eigenvalue weighted by Gasteiger charge is -2.31. The van der Waals surface area contributed by atoms with Crippen LogP contribution in [0.15, 0.2) is 52.5 Å². The molecule has 0 N–H and O–H groups in total. The molecule has 1 aromatic carbocycles. The van der Waals surface area contributed by atoms with Crippen LogP contribution in [0.3, 0.4) is 0 Å². The van der Waals surface area contributed by atoms with Gasteiger partial charge in [0.2, 0.25) is 11.8 Å². The van der Waals surface area contributed by atoms with Gasteiger partial charge in [-0.05, 0) is 42.8 Å². The van der Waals surface area contributed by atoms with Crippen LogP contribution in [0.2, 0.25) is 0 Å². The summed E-state index contributed by atoms with van der Waals surface area (Å²) < 4.78 is 31.1. The molecule has 1 amide bonds. The molecule has 1 aliphatic rings. The van der Waals surface area contributed by atoms with Crippen molar-refractivity contribution in [2.75, 3.05) is 11.4 Å². The number of carbonyl (C=O) groups excluding carboxylic acids is 1. The molecule has 0 saturated heterocycles. The molecular formula is C20H20N2O4S2. The summed E-state index contributed by atoms with van der Waals surface area (Å²) in [6, 6.07) is 11.4. The highest BCUT2D eigenvalue weighted by Gasteiger charge is 2.34. The Bertz CT molecular complexity index is 1090. The summed E-state index contributed by atoms with van der Waals surface area (Å²) in [5.41, 5.74) is 2.19. The van der Waals surface area contributed by atoms with Gasteiger partial charge in [-0.3, -0.25) is 4.79 Å². The molecule has 3 heterocycles. The van der Waals surface area contributed by atoms with E-state index in [0.717, 1.165) is 29.0 Å². The van der Waals surface area contributed by atoms with E-state index in [-0.39, 0.29) is 5.75 Å². The smallest absolute Gasteiger partial charge is 0.245 e. The minimum Gasteiger partial charge on any atom is -0.444 e. The van der Waals surface area contributed by atoms with Crippen molar-refractivity contribution in [1.82, 2.24) is 4.98 Å². The van der Waals surface area contributed by atoms with Crippen molar-refractivity contribution in [3.8, 4) is 10.8 Å². The standard InChI is InChI=1S/C20H20N2O4S2/c1-14(20(23)22-10-4-7-15-6-2-3-8-17(15)22)28(24,25)13-16-12-26-19(21-16)18-9-5-11-27-18/h2-3,5-6,8-9,11-12,14H,4,7,10,13H2,1H3/t14-/m1/s1. The largest absolute Gasteiger partial charge is 0.444 e. The predicted molar refractivity (Wildman–Crippen MR) is 109 cm³/mol. The molecule has 0 bridgehead atoms. The van der Waals surface area contributed by atoms with Crippen molar-refractivity contribution in [2.24, 2.45) is 0 Å². The van der Waals surface area contributed by atoms with Crippen molar-refractivity contribution >= 4 is 32.8 Å². The maximum Gasteiger partial charge on any atom is 0.245 e. The molecule has 0 saturated carbocycles. The summed E-state index contributed by atoms with van der Waals surface area (Å²) in [6.07, 6.45) is 3.06. The van der Waals surface area contributed by atoms with Crippen LogP contribution in [-0.4, -0.2) is 31.1 Å². The lowest BCUT2D eigenvalue weighted by molar-refractivity contribution is -0.118. The molecule has 3 aromatic rings. The summed E-state index contributed by atoms with van der Waals surface area (Å²) in [6.45, 7) is 1.98. The molecule has 8 heteroatoms. The van der Waals surface area contributed by atoms with Gasteiger partial charge in [-0.2, -0.15) is 0 Å². The van der Waals surface area contributed by atoms with E-state index in [4.69, 9.17) is 4.42 Å². The molecule has 4 rings (SSSR count). The van der Waals surface area contributed by atoms with Crippen LogP contribution in [0, 0.1) is 0 Å². The van der Waals surface area contributed by atoms with Crippen LogP contribution in [0.5, 0.6) is 0 Å². The van der Waals surface area contributed by atoms with E-state index in [9.17, 15) is 13.2 Å². The zero-order chi connectivity index (χ0) is 19.7. The first kappa shape index (κ1) is 18.9. The normalized spacial score (nSPS) is 15.2. The minimum absolute atomic E-state index is 0.307. The first-order chi connectivity index (χ1) is 13.5. The second kappa shape index (κ2) is 7.52. The van der Waals surface area contributed by atoms with Crippen LogP contribution < -0.4 is 4.90 Å². The van der Waals surface area contributed by atoms with Crippen molar-refractivity contribution in [3.63, 3.8) is 0 Å². The Labute approximate surface area is 167 Å². The first-order valence-electron chi connectivity index (χ1n) is 9.05. The lowest BCUT2D eigenvalue weighted by atomic mass is 10.0. The number of oxazole rings is 1. The van der Waals surface area contributed by atoms with Gasteiger partial charge in [0.1, 0.15) is 11.5 Å². The average Bonchev–Trinajstić information content (AvgIpc) is 3.38. The van der Waals surface area contributed by atoms with E-state index in [1.807, 2.05) is 41.8 Å². The minimum atomic E-state index is -3.73. The van der Waals surface area contributed by atoms with Crippen LogP contribution in [0.25, 0.3) is 10.8 Å². The second-order valence-corrected chi connectivity index (χ2v) is 10.1. The molecule has 2 aromatic heterocycles. The second-order valence-electron chi connectivity index (χ2n) is 6.79. The number of anilines is 1. The maximum atomic E-state index is 13.0. The molecule has 0 spiro atoms. The molecule has 0 fully saturated rings. The topological polar surface area (TPSA) is 80.5 Å². The zero-order valence-electron chi connectivity index (χ0n) is 15.4. The number of fused-ring (bicyclic) bond motifs is 1. The number of thiophene rings is 1. The highest BCUT2D eigenvalue weighted by molar-refractivity contribution is 7.92. The van der Waals surface area contributed by atoms with Gasteiger partial charge in [0.05, 0.1) is 16.3 Å². The van der Waals surface area contributed by atoms with Crippen molar-refractivity contribution in [1.29, 1.82) is 0 Å². The Morgan fingerprint density at radius 3 is 2.89 bits per heavy atom. The van der Waals surface area contributed by atoms with Gasteiger partial charge in [0.25, 0.3) is 0 Å². The predicted octanol–water partition coefficient (Wildman–Crippen LogP) is 3.69. The van der Waals surface area contributed by atoms with E-state index in [0.29, 0.717) is 18.1 Å². The van der Waals surface area contributed by atoms with Crippen LogP contribution >= 0.6 is 11.3 Å². The van der Waals surface area contributed by atoms with Crippen molar-refractivity contribution < 1.29 is 17.6 Å². The van der Waals surface area contributed by atoms with E-state index in [1.165, 1.54) is 24.5 Å². The summed E-state index contributed by atoms with van der Waals surface area (Å²) in [5, 5.41) is 0.744. The number of carbonyl (C=O) groups is 1. The highest BCUT2D eigenvalue weighted by atomic mass is 32.2. The van der Waals surface area contributed by atoms with Gasteiger partial charge in [0.15, 0.2) is 9.84 Å². The number of aryl methyl sites for hydroxylation is 1. The number of aromatic nitrogens is 1. The maximum absolute atomic E-state index is 13.0. The Hall–Kier alpha value is -2.45. The summed E-state index contributed by atoms with van der Waals surface area (Å²) in [5.74, 6) is -0.331. The molecule has 1 atom stereocenters. The number of amides is 1. The average molecular weight is 417 g/mol. The fourth-order valence-corrected chi connectivity index (χ4v) is 5.24. The quantitative estimate of drug-likeness (QED) is 0.634. The van der Waals surface area contributed by atoms with E-state index in [1.54, 1.807) is 4.90 Å². The highest BCUT2D eigenvalue weighted by Crippen LogP contribution is 2.29. The molecular weight excluding hydrogens is 396 g/mol. The third-order valence-corrected chi connectivity index (χ3v) is 7.73. The Balaban J connectivity index is 1.52. The number of sulfone groups is 1. The molecule has 0 aliphatic carbocycles. The molecule has 6 nitrogen and oxygen atoms in total. The summed E-state index contributed by atoms with van der Waals surface area (Å²) >= 11 is 1.46. The van der Waals surface area contributed by atoms with Crippen molar-refractivity contribution in [2.45, 2.75) is 30.8 Å². The Morgan fingerprint density at radius 2 is 2.11 bits per heavy atom. The van der Waals surface area contributed by atoms with Crippen LogP contribution in [0.4, 0.5) is 5.69 Å². The van der Waals surface area contributed by atoms with Gasteiger partial charge in [-0.1, -0.05) is 24.3 Å². The third-order valence-electron chi connectivity index (χ3n) is 4.90. The number of nitrogens with zero attached hydrogens (tertiary/aromatic N) is 2. The van der Waals surface area contributed by atoms with E-state index in [2.05, 4.69) is 4.98 Å². The van der Waals surface area contributed by atoms with Crippen LogP contribution in [0.1, 0.15) is 24.6 Å². The molecule has 146 valence electrons. The Morgan fingerprint density at radius 1 is 1.29 bits per heavy atom. The first-order valence-corrected chi connectivity index (χ1v) is 11.6. The third kappa shape index (κ3) is 3.62. The SMILES string of the molecule is C[C@H](C(=O)N1CCCc2ccccc21)S(=O)(=O)Cc1coc(-c2cccs2)n1.